The van der Waals surface area contributed by atoms with Crippen LogP contribution >= 0.6 is 0 Å². The highest BCUT2D eigenvalue weighted by Crippen LogP contribution is 2.24. The number of nitrogens with one attached hydrogen (secondary N) is 1. The molecular weight excluding hydrogens is 354 g/mol. The van der Waals surface area contributed by atoms with Crippen LogP contribution in [0.4, 0.5) is 0 Å². The zero-order valence-corrected chi connectivity index (χ0v) is 15.6. The Labute approximate surface area is 163 Å². The molecule has 3 N–H and O–H groups in total. The van der Waals surface area contributed by atoms with E-state index in [0.717, 1.165) is 37.9 Å². The quantitative estimate of drug-likeness (QED) is 0.714. The lowest BCUT2D eigenvalue weighted by Crippen LogP contribution is -2.36. The van der Waals surface area contributed by atoms with Crippen molar-refractivity contribution in [3.8, 4) is 0 Å². The van der Waals surface area contributed by atoms with Crippen molar-refractivity contribution in [2.75, 3.05) is 13.1 Å². The third-order valence-corrected chi connectivity index (χ3v) is 5.34. The number of nitrogens with two attached hydrogens (primary N) is 1. The molecule has 6 heteroatoms. The molecule has 1 aliphatic rings. The maximum atomic E-state index is 12.6. The lowest BCUT2D eigenvalue weighted by atomic mass is 9.91. The van der Waals surface area contributed by atoms with Gasteiger partial charge in [-0.15, -0.1) is 5.06 Å². The summed E-state index contributed by atoms with van der Waals surface area (Å²) in [7, 11) is 0. The lowest BCUT2D eigenvalue weighted by molar-refractivity contribution is -0.125. The van der Waals surface area contributed by atoms with Gasteiger partial charge in [-0.2, -0.15) is 0 Å². The molecule has 2 aromatic carbocycles. The zero-order valence-electron chi connectivity index (χ0n) is 15.6. The summed E-state index contributed by atoms with van der Waals surface area (Å²) in [5, 5.41) is 2.38. The molecule has 0 bridgehead atoms. The number of rotatable bonds is 5. The first-order chi connectivity index (χ1) is 13.6. The van der Waals surface area contributed by atoms with Crippen molar-refractivity contribution in [1.29, 1.82) is 0 Å². The summed E-state index contributed by atoms with van der Waals surface area (Å²) in [4.78, 5) is 32.7. The second-order valence-corrected chi connectivity index (χ2v) is 7.27. The molecule has 1 aliphatic heterocycles. The molecule has 1 aromatic heterocycles. The fraction of sp³-hybridized carbons (Fsp3) is 0.273. The number of carbonyl (C=O) groups is 2. The van der Waals surface area contributed by atoms with Gasteiger partial charge in [-0.1, -0.05) is 30.3 Å². The van der Waals surface area contributed by atoms with E-state index < -0.39 is 11.9 Å². The van der Waals surface area contributed by atoms with Crippen molar-refractivity contribution >= 4 is 22.8 Å². The number of aromatic amines is 1. The summed E-state index contributed by atoms with van der Waals surface area (Å²) in [5.41, 5.74) is 8.23. The summed E-state index contributed by atoms with van der Waals surface area (Å²) in [6.07, 6.45) is 4.64. The number of fused-ring (bicyclic) bond motifs is 1. The van der Waals surface area contributed by atoms with E-state index >= 15 is 0 Å². The molecule has 1 saturated heterocycles. The van der Waals surface area contributed by atoms with Crippen LogP contribution in [0, 0.1) is 5.92 Å². The van der Waals surface area contributed by atoms with Crippen LogP contribution in [0.15, 0.2) is 54.7 Å². The van der Waals surface area contributed by atoms with Crippen LogP contribution in [0.2, 0.25) is 0 Å². The molecule has 1 amide bonds. The molecular formula is C22H23N3O3. The molecule has 0 radical (unpaired) electrons. The van der Waals surface area contributed by atoms with Crippen LogP contribution < -0.4 is 5.73 Å². The second kappa shape index (κ2) is 7.86. The topological polar surface area (TPSA) is 88.4 Å². The summed E-state index contributed by atoms with van der Waals surface area (Å²) in [5.74, 6) is -0.346. The Morgan fingerprint density at radius 2 is 1.86 bits per heavy atom. The molecule has 6 nitrogen and oxygen atoms in total. The van der Waals surface area contributed by atoms with Crippen molar-refractivity contribution in [3.05, 3.63) is 71.4 Å². The summed E-state index contributed by atoms with van der Waals surface area (Å²) >= 11 is 0. The number of piperidine rings is 1. The molecule has 0 aliphatic carbocycles. The zero-order chi connectivity index (χ0) is 19.5. The molecule has 0 atom stereocenters. The van der Waals surface area contributed by atoms with Crippen LogP contribution in [-0.4, -0.2) is 35.0 Å². The SMILES string of the molecule is NC(=O)c1ccc2[nH]cc(C(=O)ON3CCC(Cc4ccccc4)CC3)c2c1. The number of hydrogen-bond acceptors (Lipinski definition) is 4. The van der Waals surface area contributed by atoms with Gasteiger partial charge in [0.05, 0.1) is 5.56 Å². The monoisotopic (exact) mass is 377 g/mol. The standard InChI is InChI=1S/C22H23N3O3/c23-21(26)17-6-7-20-18(13-17)19(14-24-20)22(27)28-25-10-8-16(9-11-25)12-15-4-2-1-3-5-15/h1-7,13-14,16,24H,8-12H2,(H2,23,26). The van der Waals surface area contributed by atoms with E-state index in [-0.39, 0.29) is 0 Å². The molecule has 3 aromatic rings. The number of nitrogens with zero attached hydrogens (tertiary/aromatic N) is 1. The van der Waals surface area contributed by atoms with Crippen LogP contribution in [0.3, 0.4) is 0 Å². The lowest BCUT2D eigenvalue weighted by Gasteiger charge is -2.30. The first-order valence-corrected chi connectivity index (χ1v) is 9.52. The van der Waals surface area contributed by atoms with E-state index in [2.05, 4.69) is 29.2 Å². The van der Waals surface area contributed by atoms with Crippen molar-refractivity contribution in [2.45, 2.75) is 19.3 Å². The van der Waals surface area contributed by atoms with Gasteiger partial charge in [-0.05, 0) is 48.9 Å². The Hall–Kier alpha value is -3.12. The molecule has 0 spiro atoms. The summed E-state index contributed by atoms with van der Waals surface area (Å²) in [6, 6.07) is 15.5. The number of hydroxylamine groups is 2. The van der Waals surface area contributed by atoms with E-state index in [4.69, 9.17) is 10.6 Å². The fourth-order valence-corrected chi connectivity index (χ4v) is 3.76. The number of benzene rings is 2. The average molecular weight is 377 g/mol. The van der Waals surface area contributed by atoms with Gasteiger partial charge in [-0.3, -0.25) is 4.79 Å². The number of primary amides is 1. The Kier molecular flexibility index (Phi) is 5.12. The van der Waals surface area contributed by atoms with Gasteiger partial charge >= 0.3 is 5.97 Å². The Balaban J connectivity index is 1.38. The smallest absolute Gasteiger partial charge is 0.359 e. The molecule has 4 rings (SSSR count). The number of amides is 1. The number of hydrogen-bond donors (Lipinski definition) is 2. The third kappa shape index (κ3) is 3.92. The fourth-order valence-electron chi connectivity index (χ4n) is 3.76. The maximum Gasteiger partial charge on any atom is 0.359 e. The minimum atomic E-state index is -0.525. The first-order valence-electron chi connectivity index (χ1n) is 9.52. The largest absolute Gasteiger partial charge is 0.366 e. The molecule has 0 saturated carbocycles. The van der Waals surface area contributed by atoms with E-state index in [9.17, 15) is 9.59 Å². The molecule has 144 valence electrons. The number of H-pyrrole nitrogens is 1. The average Bonchev–Trinajstić information content (AvgIpc) is 3.13. The Morgan fingerprint density at radius 3 is 2.57 bits per heavy atom. The second-order valence-electron chi connectivity index (χ2n) is 7.27. The van der Waals surface area contributed by atoms with Crippen LogP contribution in [0.25, 0.3) is 10.9 Å². The summed E-state index contributed by atoms with van der Waals surface area (Å²) < 4.78 is 0. The van der Waals surface area contributed by atoms with E-state index in [0.29, 0.717) is 22.4 Å². The highest BCUT2D eigenvalue weighted by Gasteiger charge is 2.24. The highest BCUT2D eigenvalue weighted by molar-refractivity contribution is 6.06. The van der Waals surface area contributed by atoms with Gasteiger partial charge in [0.15, 0.2) is 0 Å². The predicted octanol–water partition coefficient (Wildman–Crippen LogP) is 3.29. The van der Waals surface area contributed by atoms with Gasteiger partial charge in [0.1, 0.15) is 0 Å². The minimum Gasteiger partial charge on any atom is -0.366 e. The van der Waals surface area contributed by atoms with E-state index in [1.165, 1.54) is 5.56 Å². The van der Waals surface area contributed by atoms with Gasteiger partial charge in [-0.25, -0.2) is 4.79 Å². The van der Waals surface area contributed by atoms with Crippen molar-refractivity contribution in [2.24, 2.45) is 11.7 Å². The van der Waals surface area contributed by atoms with Crippen LogP contribution in [0.5, 0.6) is 0 Å². The Morgan fingerprint density at radius 1 is 1.11 bits per heavy atom. The third-order valence-electron chi connectivity index (χ3n) is 5.34. The van der Waals surface area contributed by atoms with Crippen molar-refractivity contribution < 1.29 is 14.4 Å². The van der Waals surface area contributed by atoms with E-state index in [1.54, 1.807) is 29.5 Å². The number of aromatic nitrogens is 1. The van der Waals surface area contributed by atoms with Gasteiger partial charge in [0.2, 0.25) is 5.91 Å². The normalized spacial score (nSPS) is 15.6. The first kappa shape index (κ1) is 18.3. The maximum absolute atomic E-state index is 12.6. The van der Waals surface area contributed by atoms with Gasteiger partial charge in [0, 0.05) is 35.8 Å². The van der Waals surface area contributed by atoms with E-state index in [1.807, 2.05) is 6.07 Å². The van der Waals surface area contributed by atoms with Crippen LogP contribution in [0.1, 0.15) is 39.1 Å². The van der Waals surface area contributed by atoms with Gasteiger partial charge < -0.3 is 15.6 Å². The molecule has 28 heavy (non-hydrogen) atoms. The van der Waals surface area contributed by atoms with Gasteiger partial charge in [0.25, 0.3) is 0 Å². The van der Waals surface area contributed by atoms with Crippen molar-refractivity contribution in [1.82, 2.24) is 10.0 Å². The highest BCUT2D eigenvalue weighted by atomic mass is 16.7. The minimum absolute atomic E-state index is 0.364. The van der Waals surface area contributed by atoms with Crippen LogP contribution in [-0.2, 0) is 11.3 Å². The predicted molar refractivity (Wildman–Crippen MR) is 107 cm³/mol. The molecule has 1 fully saturated rings. The Bertz CT molecular complexity index is 989. The molecule has 2 heterocycles. The van der Waals surface area contributed by atoms with Crippen molar-refractivity contribution in [3.63, 3.8) is 0 Å². The summed E-state index contributed by atoms with van der Waals surface area (Å²) in [6.45, 7) is 1.44. The molecule has 0 unspecified atom stereocenters. The number of carbonyl (C=O) groups excluding carboxylic acids is 2.